The zero-order valence-corrected chi connectivity index (χ0v) is 19.3. The molecule has 0 radical (unpaired) electrons. The van der Waals surface area contributed by atoms with Crippen LogP contribution in [0, 0.1) is 0 Å². The van der Waals surface area contributed by atoms with E-state index in [4.69, 9.17) is 0 Å². The van der Waals surface area contributed by atoms with Crippen LogP contribution >= 0.6 is 0 Å². The number of pyridine rings is 1. The normalized spacial score (nSPS) is 18.0. The van der Waals surface area contributed by atoms with E-state index in [0.29, 0.717) is 30.6 Å². The third-order valence-corrected chi connectivity index (χ3v) is 7.11. The summed E-state index contributed by atoms with van der Waals surface area (Å²) in [6, 6.07) is 16.8. The maximum absolute atomic E-state index is 13.1. The molecule has 2 aromatic carbocycles. The number of amides is 3. The van der Waals surface area contributed by atoms with Gasteiger partial charge in [0.1, 0.15) is 5.82 Å². The Labute approximate surface area is 202 Å². The standard InChI is InChI=1S/C27H25N5O3/c33-23(30-14-5-9-19(17-30)25-29-28-22-12-1-2-15-31(22)25)13-6-16-32-26(34)20-10-3-7-18-8-4-11-21(24(18)20)27(32)35/h1-4,7-8,10-12,15,19H,5-6,9,13-14,16-17H2/t19-/m0/s1. The number of hydrogen-bond acceptors (Lipinski definition) is 5. The van der Waals surface area contributed by atoms with E-state index < -0.39 is 0 Å². The first-order chi connectivity index (χ1) is 17.1. The minimum atomic E-state index is -0.288. The van der Waals surface area contributed by atoms with Gasteiger partial charge in [0.25, 0.3) is 11.8 Å². The molecular weight excluding hydrogens is 442 g/mol. The van der Waals surface area contributed by atoms with Gasteiger partial charge in [0.15, 0.2) is 5.65 Å². The summed E-state index contributed by atoms with van der Waals surface area (Å²) in [4.78, 5) is 42.3. The first kappa shape index (κ1) is 21.5. The summed E-state index contributed by atoms with van der Waals surface area (Å²) in [6.07, 6.45) is 4.54. The molecule has 0 N–H and O–H groups in total. The second kappa shape index (κ2) is 8.61. The van der Waals surface area contributed by atoms with Gasteiger partial charge in [0.05, 0.1) is 0 Å². The van der Waals surface area contributed by atoms with E-state index in [1.807, 2.05) is 58.0 Å². The molecule has 35 heavy (non-hydrogen) atoms. The van der Waals surface area contributed by atoms with Crippen molar-refractivity contribution in [3.63, 3.8) is 0 Å². The Balaban J connectivity index is 1.11. The maximum atomic E-state index is 13.1. The first-order valence-corrected chi connectivity index (χ1v) is 12.1. The van der Waals surface area contributed by atoms with E-state index in [9.17, 15) is 14.4 Å². The Morgan fingerprint density at radius 3 is 2.49 bits per heavy atom. The molecule has 4 aromatic rings. The second-order valence-electron chi connectivity index (χ2n) is 9.24. The van der Waals surface area contributed by atoms with Gasteiger partial charge in [-0.3, -0.25) is 23.7 Å². The van der Waals surface area contributed by atoms with Crippen LogP contribution in [0.5, 0.6) is 0 Å². The number of carbonyl (C=O) groups excluding carboxylic acids is 3. The van der Waals surface area contributed by atoms with Crippen molar-refractivity contribution in [3.05, 3.63) is 77.7 Å². The molecule has 0 unspecified atom stereocenters. The molecule has 1 fully saturated rings. The van der Waals surface area contributed by atoms with Gasteiger partial charge < -0.3 is 4.90 Å². The lowest BCUT2D eigenvalue weighted by atomic mass is 9.94. The topological polar surface area (TPSA) is 87.9 Å². The van der Waals surface area contributed by atoms with Crippen LogP contribution in [0.2, 0.25) is 0 Å². The van der Waals surface area contributed by atoms with Crippen LogP contribution in [-0.4, -0.2) is 61.8 Å². The molecule has 3 amide bonds. The number of nitrogens with zero attached hydrogens (tertiary/aromatic N) is 5. The zero-order chi connectivity index (χ0) is 23.9. The molecule has 8 heteroatoms. The van der Waals surface area contributed by atoms with Crippen LogP contribution < -0.4 is 0 Å². The molecule has 2 aliphatic heterocycles. The predicted octanol–water partition coefficient (Wildman–Crippen LogP) is 3.66. The van der Waals surface area contributed by atoms with Gasteiger partial charge in [-0.25, -0.2) is 0 Å². The number of benzene rings is 2. The first-order valence-electron chi connectivity index (χ1n) is 12.1. The highest BCUT2D eigenvalue weighted by Crippen LogP contribution is 2.30. The number of imide groups is 1. The fraction of sp³-hybridized carbons (Fsp3) is 0.296. The lowest BCUT2D eigenvalue weighted by molar-refractivity contribution is -0.132. The summed E-state index contributed by atoms with van der Waals surface area (Å²) < 4.78 is 1.99. The van der Waals surface area contributed by atoms with Crippen molar-refractivity contribution in [2.75, 3.05) is 19.6 Å². The fourth-order valence-electron chi connectivity index (χ4n) is 5.38. The highest BCUT2D eigenvalue weighted by Gasteiger charge is 2.33. The molecule has 8 nitrogen and oxygen atoms in total. The monoisotopic (exact) mass is 467 g/mol. The molecule has 2 aromatic heterocycles. The quantitative estimate of drug-likeness (QED) is 0.418. The number of fused-ring (bicyclic) bond motifs is 1. The van der Waals surface area contributed by atoms with Crippen molar-refractivity contribution >= 4 is 34.1 Å². The van der Waals surface area contributed by atoms with Crippen LogP contribution in [0.25, 0.3) is 16.4 Å². The van der Waals surface area contributed by atoms with Crippen LogP contribution in [0.15, 0.2) is 60.8 Å². The Kier molecular flexibility index (Phi) is 5.28. The fourth-order valence-corrected chi connectivity index (χ4v) is 5.38. The van der Waals surface area contributed by atoms with E-state index in [-0.39, 0.29) is 36.6 Å². The van der Waals surface area contributed by atoms with Crippen molar-refractivity contribution in [1.29, 1.82) is 0 Å². The van der Waals surface area contributed by atoms with Gasteiger partial charge in [-0.2, -0.15) is 0 Å². The van der Waals surface area contributed by atoms with Crippen LogP contribution in [0.4, 0.5) is 0 Å². The highest BCUT2D eigenvalue weighted by molar-refractivity contribution is 6.25. The average molecular weight is 468 g/mol. The van der Waals surface area contributed by atoms with E-state index in [2.05, 4.69) is 10.2 Å². The van der Waals surface area contributed by atoms with E-state index in [0.717, 1.165) is 35.1 Å². The zero-order valence-electron chi connectivity index (χ0n) is 19.3. The van der Waals surface area contributed by atoms with Gasteiger partial charge in [-0.15, -0.1) is 10.2 Å². The van der Waals surface area contributed by atoms with Crippen LogP contribution in [0.3, 0.4) is 0 Å². The molecule has 0 bridgehead atoms. The molecule has 176 valence electrons. The lowest BCUT2D eigenvalue weighted by Crippen LogP contribution is -2.42. The van der Waals surface area contributed by atoms with Crippen molar-refractivity contribution in [3.8, 4) is 0 Å². The maximum Gasteiger partial charge on any atom is 0.261 e. The summed E-state index contributed by atoms with van der Waals surface area (Å²) in [5.74, 6) is 0.484. The highest BCUT2D eigenvalue weighted by atomic mass is 16.2. The molecule has 2 aliphatic rings. The van der Waals surface area contributed by atoms with E-state index in [1.54, 1.807) is 12.1 Å². The Hall–Kier alpha value is -4.07. The smallest absolute Gasteiger partial charge is 0.261 e. The van der Waals surface area contributed by atoms with Crippen molar-refractivity contribution in [2.45, 2.75) is 31.6 Å². The van der Waals surface area contributed by atoms with Gasteiger partial charge in [0.2, 0.25) is 5.91 Å². The molecule has 0 aliphatic carbocycles. The number of piperidine rings is 1. The lowest BCUT2D eigenvalue weighted by Gasteiger charge is -2.32. The number of hydrogen-bond donors (Lipinski definition) is 0. The predicted molar refractivity (Wildman–Crippen MR) is 130 cm³/mol. The molecular formula is C27H25N5O3. The molecule has 1 atom stereocenters. The summed E-state index contributed by atoms with van der Waals surface area (Å²) in [5.41, 5.74) is 1.89. The van der Waals surface area contributed by atoms with Crippen molar-refractivity contribution < 1.29 is 14.4 Å². The Morgan fingerprint density at radius 1 is 0.943 bits per heavy atom. The Bertz CT molecular complexity index is 1430. The van der Waals surface area contributed by atoms with Gasteiger partial charge in [-0.05, 0) is 48.9 Å². The van der Waals surface area contributed by atoms with Gasteiger partial charge >= 0.3 is 0 Å². The summed E-state index contributed by atoms with van der Waals surface area (Å²) >= 11 is 0. The second-order valence-corrected chi connectivity index (χ2v) is 9.24. The van der Waals surface area contributed by atoms with E-state index in [1.165, 1.54) is 4.90 Å². The minimum absolute atomic E-state index is 0.0444. The average Bonchev–Trinajstić information content (AvgIpc) is 3.33. The molecule has 0 saturated carbocycles. The van der Waals surface area contributed by atoms with Crippen LogP contribution in [-0.2, 0) is 4.79 Å². The molecule has 6 rings (SSSR count). The summed E-state index contributed by atoms with van der Waals surface area (Å²) in [5, 5.41) is 10.2. The summed E-state index contributed by atoms with van der Waals surface area (Å²) in [6.45, 7) is 1.54. The SMILES string of the molecule is O=C(CCCN1C(=O)c2cccc3cccc(c23)C1=O)N1CCC[C@H](c2nnc3ccccn23)C1. The third-order valence-electron chi connectivity index (χ3n) is 7.11. The minimum Gasteiger partial charge on any atom is -0.342 e. The van der Waals surface area contributed by atoms with Gasteiger partial charge in [-0.1, -0.05) is 30.3 Å². The number of rotatable bonds is 5. The van der Waals surface area contributed by atoms with Crippen molar-refractivity contribution in [2.24, 2.45) is 0 Å². The number of likely N-dealkylation sites (tertiary alicyclic amines) is 1. The molecule has 4 heterocycles. The largest absolute Gasteiger partial charge is 0.342 e. The van der Waals surface area contributed by atoms with E-state index >= 15 is 0 Å². The van der Waals surface area contributed by atoms with Gasteiger partial charge in [0, 0.05) is 54.7 Å². The Morgan fingerprint density at radius 2 is 1.71 bits per heavy atom. The number of carbonyl (C=O) groups is 3. The van der Waals surface area contributed by atoms with Crippen molar-refractivity contribution in [1.82, 2.24) is 24.4 Å². The van der Waals surface area contributed by atoms with Crippen LogP contribution in [0.1, 0.15) is 58.1 Å². The third kappa shape index (κ3) is 3.65. The summed E-state index contributed by atoms with van der Waals surface area (Å²) in [7, 11) is 0. The number of aromatic nitrogens is 3. The molecule has 1 saturated heterocycles. The molecule has 0 spiro atoms.